The first-order valence-corrected chi connectivity index (χ1v) is 13.6. The van der Waals surface area contributed by atoms with Crippen LogP contribution in [-0.2, 0) is 7.05 Å². The lowest BCUT2D eigenvalue weighted by Crippen LogP contribution is -2.30. The Kier molecular flexibility index (Phi) is 5.64. The number of fused-ring (bicyclic) bond motifs is 2. The summed E-state index contributed by atoms with van der Waals surface area (Å²) in [4.78, 5) is 5.04. The van der Waals surface area contributed by atoms with E-state index in [1.54, 1.807) is 0 Å². The molecule has 40 heavy (non-hydrogen) atoms. The monoisotopic (exact) mass is 520 g/mol. The summed E-state index contributed by atoms with van der Waals surface area (Å²) in [6.07, 6.45) is 0. The van der Waals surface area contributed by atoms with Gasteiger partial charge in [-0.3, -0.25) is 0 Å². The topological polar surface area (TPSA) is 34.8 Å². The molecule has 2 heterocycles. The van der Waals surface area contributed by atoms with Gasteiger partial charge in [-0.1, -0.05) is 78.9 Å². The van der Waals surface area contributed by atoms with Gasteiger partial charge in [-0.15, -0.1) is 0 Å². The van der Waals surface area contributed by atoms with Crippen molar-refractivity contribution in [3.8, 4) is 39.7 Å². The Labute approximate surface area is 233 Å². The molecule has 0 aliphatic heterocycles. The molecule has 2 aromatic heterocycles. The highest BCUT2D eigenvalue weighted by Gasteiger charge is 2.30. The van der Waals surface area contributed by atoms with Crippen LogP contribution in [0, 0.1) is 20.8 Å². The molecule has 7 rings (SSSR count). The molecule has 0 spiro atoms. The largest absolute Gasteiger partial charge is 0.435 e. The molecule has 0 saturated heterocycles. The Morgan fingerprint density at radius 3 is 2.02 bits per heavy atom. The van der Waals surface area contributed by atoms with Crippen molar-refractivity contribution in [3.05, 3.63) is 126 Å². The van der Waals surface area contributed by atoms with E-state index in [0.717, 1.165) is 61.5 Å². The van der Waals surface area contributed by atoms with Crippen LogP contribution in [0.3, 0.4) is 0 Å². The second-order valence-corrected chi connectivity index (χ2v) is 10.5. The van der Waals surface area contributed by atoms with Crippen LogP contribution in [0.5, 0.6) is 0 Å². The standard InChI is InChI=1S/C36H30N3O/c1-23-19-20-29-34(40-35(37-29)32-24(2)21-27(22-25(32)3)26-13-7-5-8-14-26)33(23)36-38(4)30-17-11-12-18-31(30)39(36)28-15-9-6-10-16-28/h5-22H,1-4H3/q+1. The van der Waals surface area contributed by atoms with Crippen molar-refractivity contribution in [3.63, 3.8) is 0 Å². The van der Waals surface area contributed by atoms with Crippen molar-refractivity contribution in [2.24, 2.45) is 7.05 Å². The minimum atomic E-state index is 0.654. The third-order valence-corrected chi connectivity index (χ3v) is 7.87. The van der Waals surface area contributed by atoms with E-state index in [9.17, 15) is 0 Å². The minimum Gasteiger partial charge on any atom is -0.435 e. The first-order chi connectivity index (χ1) is 19.5. The highest BCUT2D eigenvalue weighted by atomic mass is 16.3. The third-order valence-electron chi connectivity index (χ3n) is 7.87. The second kappa shape index (κ2) is 9.35. The van der Waals surface area contributed by atoms with Crippen molar-refractivity contribution < 1.29 is 8.98 Å². The van der Waals surface area contributed by atoms with Gasteiger partial charge in [0.25, 0.3) is 5.82 Å². The molecule has 7 aromatic rings. The number of oxazole rings is 1. The molecule has 0 atom stereocenters. The fourth-order valence-electron chi connectivity index (χ4n) is 6.01. The Morgan fingerprint density at radius 1 is 0.650 bits per heavy atom. The summed E-state index contributed by atoms with van der Waals surface area (Å²) in [7, 11) is 2.13. The quantitative estimate of drug-likeness (QED) is 0.218. The smallest absolute Gasteiger partial charge is 0.299 e. The summed E-state index contributed by atoms with van der Waals surface area (Å²) in [5, 5.41) is 0. The van der Waals surface area contributed by atoms with Crippen LogP contribution >= 0.6 is 0 Å². The Morgan fingerprint density at radius 2 is 1.30 bits per heavy atom. The molecule has 0 fully saturated rings. The molecule has 0 bridgehead atoms. The van der Waals surface area contributed by atoms with Crippen molar-refractivity contribution in [2.75, 3.05) is 0 Å². The van der Waals surface area contributed by atoms with Crippen LogP contribution in [0.4, 0.5) is 0 Å². The zero-order chi connectivity index (χ0) is 27.4. The highest BCUT2D eigenvalue weighted by Crippen LogP contribution is 2.38. The molecule has 0 aliphatic carbocycles. The van der Waals surface area contributed by atoms with Gasteiger partial charge >= 0.3 is 0 Å². The maximum absolute atomic E-state index is 6.73. The molecular formula is C36H30N3O+. The summed E-state index contributed by atoms with van der Waals surface area (Å²) in [6, 6.07) is 38.2. The fraction of sp³-hybridized carbons (Fsp3) is 0.111. The number of hydrogen-bond acceptors (Lipinski definition) is 2. The number of nitrogens with zero attached hydrogens (tertiary/aromatic N) is 3. The summed E-state index contributed by atoms with van der Waals surface area (Å²) < 4.78 is 11.3. The van der Waals surface area contributed by atoms with Gasteiger partial charge in [0.2, 0.25) is 5.89 Å². The van der Waals surface area contributed by atoms with Gasteiger partial charge < -0.3 is 4.42 Å². The van der Waals surface area contributed by atoms with Crippen molar-refractivity contribution in [1.29, 1.82) is 0 Å². The normalized spacial score (nSPS) is 11.5. The molecule has 0 unspecified atom stereocenters. The number of para-hydroxylation sites is 3. The number of imidazole rings is 1. The Balaban J connectivity index is 1.47. The predicted octanol–water partition coefficient (Wildman–Crippen LogP) is 8.52. The van der Waals surface area contributed by atoms with E-state index in [2.05, 4.69) is 140 Å². The lowest BCUT2D eigenvalue weighted by molar-refractivity contribution is -0.633. The maximum Gasteiger partial charge on any atom is 0.299 e. The van der Waals surface area contributed by atoms with Gasteiger partial charge in [0.1, 0.15) is 16.8 Å². The van der Waals surface area contributed by atoms with E-state index in [0.29, 0.717) is 5.89 Å². The third kappa shape index (κ3) is 3.76. The first-order valence-electron chi connectivity index (χ1n) is 13.6. The number of aromatic nitrogens is 3. The average molecular weight is 521 g/mol. The Hall–Kier alpha value is -4.96. The highest BCUT2D eigenvalue weighted by molar-refractivity contribution is 5.93. The molecule has 5 aromatic carbocycles. The molecular weight excluding hydrogens is 490 g/mol. The number of hydrogen-bond donors (Lipinski definition) is 0. The van der Waals surface area contributed by atoms with Crippen LogP contribution in [0.1, 0.15) is 16.7 Å². The van der Waals surface area contributed by atoms with Crippen LogP contribution in [0.2, 0.25) is 0 Å². The van der Waals surface area contributed by atoms with E-state index in [4.69, 9.17) is 9.40 Å². The van der Waals surface area contributed by atoms with Gasteiger partial charge in [0, 0.05) is 5.56 Å². The Bertz CT molecular complexity index is 2010. The molecule has 4 nitrogen and oxygen atoms in total. The van der Waals surface area contributed by atoms with Crippen LogP contribution < -0.4 is 4.57 Å². The molecule has 194 valence electrons. The molecule has 0 saturated carbocycles. The summed E-state index contributed by atoms with van der Waals surface area (Å²) in [5.41, 5.74) is 13.0. The second-order valence-electron chi connectivity index (χ2n) is 10.5. The summed E-state index contributed by atoms with van der Waals surface area (Å²) in [6.45, 7) is 6.43. The van der Waals surface area contributed by atoms with E-state index < -0.39 is 0 Å². The lowest BCUT2D eigenvalue weighted by Gasteiger charge is -2.10. The fourth-order valence-corrected chi connectivity index (χ4v) is 6.01. The zero-order valence-corrected chi connectivity index (χ0v) is 23.1. The van der Waals surface area contributed by atoms with Crippen molar-refractivity contribution >= 4 is 22.1 Å². The number of rotatable bonds is 4. The molecule has 4 heteroatoms. The minimum absolute atomic E-state index is 0.654. The summed E-state index contributed by atoms with van der Waals surface area (Å²) >= 11 is 0. The van der Waals surface area contributed by atoms with Gasteiger partial charge in [-0.25, -0.2) is 9.55 Å². The molecule has 0 amide bonds. The molecule has 0 N–H and O–H groups in total. The maximum atomic E-state index is 6.73. The van der Waals surface area contributed by atoms with Gasteiger partial charge in [0.05, 0.1) is 7.05 Å². The lowest BCUT2D eigenvalue weighted by atomic mass is 9.95. The average Bonchev–Trinajstić information content (AvgIpc) is 3.52. The molecule has 0 aliphatic rings. The van der Waals surface area contributed by atoms with Crippen LogP contribution in [0.25, 0.3) is 61.8 Å². The summed E-state index contributed by atoms with van der Waals surface area (Å²) in [5.74, 6) is 1.72. The van der Waals surface area contributed by atoms with Crippen LogP contribution in [0.15, 0.2) is 114 Å². The zero-order valence-electron chi connectivity index (χ0n) is 23.1. The van der Waals surface area contributed by atoms with Crippen molar-refractivity contribution in [1.82, 2.24) is 9.55 Å². The van der Waals surface area contributed by atoms with Gasteiger partial charge in [0.15, 0.2) is 16.6 Å². The van der Waals surface area contributed by atoms with Crippen LogP contribution in [-0.4, -0.2) is 9.55 Å². The SMILES string of the molecule is Cc1cc(-c2ccccc2)cc(C)c1-c1nc2ccc(C)c(-c3n(-c4ccccc4)c4ccccc4[n+]3C)c2o1. The van der Waals surface area contributed by atoms with E-state index >= 15 is 0 Å². The van der Waals surface area contributed by atoms with Gasteiger partial charge in [-0.05, 0) is 78.9 Å². The van der Waals surface area contributed by atoms with E-state index in [-0.39, 0.29) is 0 Å². The number of benzene rings is 5. The predicted molar refractivity (Wildman–Crippen MR) is 163 cm³/mol. The molecule has 0 radical (unpaired) electrons. The van der Waals surface area contributed by atoms with E-state index in [1.165, 1.54) is 11.1 Å². The van der Waals surface area contributed by atoms with Gasteiger partial charge in [-0.2, -0.15) is 4.57 Å². The number of aryl methyl sites for hydroxylation is 4. The first kappa shape index (κ1) is 24.1. The van der Waals surface area contributed by atoms with Crippen molar-refractivity contribution in [2.45, 2.75) is 20.8 Å². The van der Waals surface area contributed by atoms with E-state index in [1.807, 2.05) is 6.07 Å².